The molecule has 0 fully saturated rings. The van der Waals surface area contributed by atoms with Gasteiger partial charge in [-0.05, 0) is 11.5 Å². The van der Waals surface area contributed by atoms with Crippen molar-refractivity contribution in [3.63, 3.8) is 0 Å². The third kappa shape index (κ3) is 1.78. The van der Waals surface area contributed by atoms with E-state index in [2.05, 4.69) is 14.6 Å². The Balaban J connectivity index is 2.25. The van der Waals surface area contributed by atoms with E-state index in [9.17, 15) is 4.79 Å². The second-order valence-corrected chi connectivity index (χ2v) is 4.04. The molecule has 0 aliphatic carbocycles. The predicted octanol–water partition coefficient (Wildman–Crippen LogP) is 0.684. The first-order valence-corrected chi connectivity index (χ1v) is 5.47. The molecule has 5 nitrogen and oxygen atoms in total. The molecule has 0 saturated carbocycles. The molecule has 0 atom stereocenters. The van der Waals surface area contributed by atoms with Crippen LogP contribution in [0.5, 0.6) is 0 Å². The van der Waals surface area contributed by atoms with E-state index >= 15 is 0 Å². The summed E-state index contributed by atoms with van der Waals surface area (Å²) in [4.78, 5) is 15.5. The molecule has 2 rings (SSSR count). The molecular weight excluding hydrogens is 220 g/mol. The van der Waals surface area contributed by atoms with E-state index in [1.165, 1.54) is 11.3 Å². The van der Waals surface area contributed by atoms with Crippen LogP contribution in [0.4, 0.5) is 0 Å². The number of primary amides is 1. The molecule has 2 N–H and O–H groups in total. The lowest BCUT2D eigenvalue weighted by Gasteiger charge is -1.93. The summed E-state index contributed by atoms with van der Waals surface area (Å²) in [5.41, 5.74) is 8.38. The molecule has 0 bridgehead atoms. The van der Waals surface area contributed by atoms with Crippen LogP contribution in [0.25, 0.3) is 0 Å². The van der Waals surface area contributed by atoms with Gasteiger partial charge in [0.25, 0.3) is 5.91 Å². The van der Waals surface area contributed by atoms with E-state index in [0.29, 0.717) is 17.0 Å². The van der Waals surface area contributed by atoms with Crippen molar-refractivity contribution in [3.05, 3.63) is 27.2 Å². The summed E-state index contributed by atoms with van der Waals surface area (Å²) in [6.07, 6.45) is 0.512. The fourth-order valence-electron chi connectivity index (χ4n) is 1.01. The number of aromatic nitrogens is 3. The van der Waals surface area contributed by atoms with E-state index in [4.69, 9.17) is 5.73 Å². The second kappa shape index (κ2) is 3.81. The number of nitrogens with two attached hydrogens (primary N) is 1. The Labute approximate surface area is 87.8 Å². The average molecular weight is 226 g/mol. The van der Waals surface area contributed by atoms with Crippen LogP contribution in [-0.4, -0.2) is 20.5 Å². The maximum absolute atomic E-state index is 10.9. The minimum absolute atomic E-state index is 0.415. The standard InChI is InChI=1S/C7H6N4OS2/c8-7(12)6-5(10-11-14-6)1-4-2-13-3-9-4/h2-3H,1H2,(H2,8,12). The van der Waals surface area contributed by atoms with Gasteiger partial charge in [0, 0.05) is 11.8 Å². The van der Waals surface area contributed by atoms with Crippen molar-refractivity contribution in [2.75, 3.05) is 0 Å². The lowest BCUT2D eigenvalue weighted by Crippen LogP contribution is -2.11. The fourth-order valence-corrected chi connectivity index (χ4v) is 2.10. The van der Waals surface area contributed by atoms with Gasteiger partial charge in [0.2, 0.25) is 0 Å². The Kier molecular flexibility index (Phi) is 2.51. The normalized spacial score (nSPS) is 10.3. The number of carbonyl (C=O) groups is 1. The van der Waals surface area contributed by atoms with E-state index in [-0.39, 0.29) is 0 Å². The highest BCUT2D eigenvalue weighted by molar-refractivity contribution is 7.08. The number of rotatable bonds is 3. The molecule has 0 spiro atoms. The van der Waals surface area contributed by atoms with E-state index < -0.39 is 5.91 Å². The summed E-state index contributed by atoms with van der Waals surface area (Å²) in [6, 6.07) is 0. The van der Waals surface area contributed by atoms with Gasteiger partial charge in [-0.15, -0.1) is 16.4 Å². The van der Waals surface area contributed by atoms with Crippen molar-refractivity contribution >= 4 is 28.8 Å². The minimum Gasteiger partial charge on any atom is -0.365 e. The van der Waals surface area contributed by atoms with E-state index in [1.54, 1.807) is 5.51 Å². The van der Waals surface area contributed by atoms with Gasteiger partial charge in [-0.3, -0.25) is 4.79 Å². The predicted molar refractivity (Wildman–Crippen MR) is 53.3 cm³/mol. The molecule has 0 aliphatic rings. The monoisotopic (exact) mass is 226 g/mol. The Morgan fingerprint density at radius 1 is 1.57 bits per heavy atom. The Bertz CT molecular complexity index is 436. The molecule has 0 aromatic carbocycles. The first kappa shape index (κ1) is 9.22. The smallest absolute Gasteiger partial charge is 0.262 e. The van der Waals surface area contributed by atoms with Crippen molar-refractivity contribution in [1.82, 2.24) is 14.6 Å². The van der Waals surface area contributed by atoms with Gasteiger partial charge in [-0.1, -0.05) is 4.49 Å². The van der Waals surface area contributed by atoms with Gasteiger partial charge in [-0.2, -0.15) is 0 Å². The summed E-state index contributed by atoms with van der Waals surface area (Å²) in [7, 11) is 0. The van der Waals surface area contributed by atoms with Crippen LogP contribution >= 0.6 is 22.9 Å². The van der Waals surface area contributed by atoms with Crippen LogP contribution in [-0.2, 0) is 6.42 Å². The minimum atomic E-state index is -0.481. The van der Waals surface area contributed by atoms with Crippen molar-refractivity contribution in [1.29, 1.82) is 0 Å². The summed E-state index contributed by atoms with van der Waals surface area (Å²) in [5, 5.41) is 5.75. The van der Waals surface area contributed by atoms with Gasteiger partial charge in [-0.25, -0.2) is 4.98 Å². The number of hydrogen-bond acceptors (Lipinski definition) is 6. The zero-order valence-electron chi connectivity index (χ0n) is 7.01. The SMILES string of the molecule is NC(=O)c1snnc1Cc1cscn1. The van der Waals surface area contributed by atoms with Crippen molar-refractivity contribution in [2.45, 2.75) is 6.42 Å². The van der Waals surface area contributed by atoms with Crippen LogP contribution in [0.3, 0.4) is 0 Å². The summed E-state index contributed by atoms with van der Waals surface area (Å²) >= 11 is 2.52. The zero-order valence-corrected chi connectivity index (χ0v) is 8.64. The molecule has 2 aromatic heterocycles. The zero-order chi connectivity index (χ0) is 9.97. The molecule has 7 heteroatoms. The Morgan fingerprint density at radius 3 is 3.07 bits per heavy atom. The van der Waals surface area contributed by atoms with Gasteiger partial charge < -0.3 is 5.73 Å². The number of carbonyl (C=O) groups excluding carboxylic acids is 1. The third-order valence-electron chi connectivity index (χ3n) is 1.61. The third-order valence-corrected chi connectivity index (χ3v) is 3.03. The van der Waals surface area contributed by atoms with Crippen molar-refractivity contribution in [2.24, 2.45) is 5.73 Å². The van der Waals surface area contributed by atoms with Crippen molar-refractivity contribution in [3.8, 4) is 0 Å². The highest BCUT2D eigenvalue weighted by atomic mass is 32.1. The van der Waals surface area contributed by atoms with Gasteiger partial charge in [0.1, 0.15) is 4.88 Å². The molecule has 0 radical (unpaired) electrons. The van der Waals surface area contributed by atoms with Crippen LogP contribution in [0.15, 0.2) is 10.9 Å². The number of thiazole rings is 1. The first-order valence-electron chi connectivity index (χ1n) is 3.75. The molecule has 14 heavy (non-hydrogen) atoms. The lowest BCUT2D eigenvalue weighted by molar-refractivity contribution is 0.100. The molecule has 2 heterocycles. The Hall–Kier alpha value is -1.34. The quantitative estimate of drug-likeness (QED) is 0.834. The average Bonchev–Trinajstić information content (AvgIpc) is 2.75. The van der Waals surface area contributed by atoms with Gasteiger partial charge in [0.15, 0.2) is 0 Å². The van der Waals surface area contributed by atoms with E-state index in [1.807, 2.05) is 5.38 Å². The molecular formula is C7H6N4OS2. The molecule has 0 saturated heterocycles. The highest BCUT2D eigenvalue weighted by Crippen LogP contribution is 2.14. The summed E-state index contributed by atoms with van der Waals surface area (Å²) in [6.45, 7) is 0. The van der Waals surface area contributed by atoms with Gasteiger partial charge >= 0.3 is 0 Å². The molecule has 72 valence electrons. The van der Waals surface area contributed by atoms with Crippen molar-refractivity contribution < 1.29 is 4.79 Å². The maximum atomic E-state index is 10.9. The fraction of sp³-hybridized carbons (Fsp3) is 0.143. The van der Waals surface area contributed by atoms with Gasteiger partial charge in [0.05, 0.1) is 16.9 Å². The summed E-state index contributed by atoms with van der Waals surface area (Å²) < 4.78 is 3.69. The van der Waals surface area contributed by atoms with Crippen LogP contribution in [0.2, 0.25) is 0 Å². The summed E-state index contributed by atoms with van der Waals surface area (Å²) in [5.74, 6) is -0.481. The topological polar surface area (TPSA) is 81.8 Å². The molecule has 2 aromatic rings. The number of nitrogens with zero attached hydrogens (tertiary/aromatic N) is 3. The van der Waals surface area contributed by atoms with E-state index in [0.717, 1.165) is 17.2 Å². The Morgan fingerprint density at radius 2 is 2.43 bits per heavy atom. The number of amides is 1. The molecule has 0 unspecified atom stereocenters. The molecule has 0 aliphatic heterocycles. The largest absolute Gasteiger partial charge is 0.365 e. The highest BCUT2D eigenvalue weighted by Gasteiger charge is 2.13. The van der Waals surface area contributed by atoms with Crippen LogP contribution in [0.1, 0.15) is 21.1 Å². The second-order valence-electron chi connectivity index (χ2n) is 2.57. The number of hydrogen-bond donors (Lipinski definition) is 1. The molecule has 1 amide bonds. The van der Waals surface area contributed by atoms with Crippen LogP contribution in [0, 0.1) is 0 Å². The lowest BCUT2D eigenvalue weighted by atomic mass is 10.2. The maximum Gasteiger partial charge on any atom is 0.262 e. The first-order chi connectivity index (χ1) is 6.77. The van der Waals surface area contributed by atoms with Crippen LogP contribution < -0.4 is 5.73 Å².